The summed E-state index contributed by atoms with van der Waals surface area (Å²) in [7, 11) is 0. The maximum atomic E-state index is 6.09. The van der Waals surface area contributed by atoms with E-state index in [1.165, 1.54) is 16.7 Å². The van der Waals surface area contributed by atoms with Crippen LogP contribution in [0.3, 0.4) is 0 Å². The fraction of sp³-hybridized carbons (Fsp3) is 0.389. The minimum absolute atomic E-state index is 0.233. The average Bonchev–Trinajstić information content (AvgIpc) is 2.51. The number of nitrogens with two attached hydrogens (primary N) is 1. The molecule has 2 rings (SSSR count). The van der Waals surface area contributed by atoms with E-state index in [2.05, 4.69) is 54.9 Å². The lowest BCUT2D eigenvalue weighted by atomic mass is 9.97. The Hall–Kier alpha value is -1.71. The lowest BCUT2D eigenvalue weighted by Gasteiger charge is -2.31. The van der Waals surface area contributed by atoms with Gasteiger partial charge in [0.25, 0.3) is 0 Å². The lowest BCUT2D eigenvalue weighted by Crippen LogP contribution is -2.34. The number of rotatable bonds is 6. The molecule has 1 heterocycles. The summed E-state index contributed by atoms with van der Waals surface area (Å²) >= 11 is 0. The Morgan fingerprint density at radius 3 is 2.62 bits per heavy atom. The van der Waals surface area contributed by atoms with Gasteiger partial charge in [0.1, 0.15) is 0 Å². The van der Waals surface area contributed by atoms with Gasteiger partial charge in [0.2, 0.25) is 0 Å². The van der Waals surface area contributed by atoms with Crippen molar-refractivity contribution in [2.75, 3.05) is 13.1 Å². The monoisotopic (exact) mass is 283 g/mol. The van der Waals surface area contributed by atoms with Crippen molar-refractivity contribution in [1.29, 1.82) is 0 Å². The molecule has 0 aliphatic heterocycles. The summed E-state index contributed by atoms with van der Waals surface area (Å²) in [6.45, 7) is 8.86. The van der Waals surface area contributed by atoms with Crippen LogP contribution >= 0.6 is 0 Å². The second-order valence-corrected chi connectivity index (χ2v) is 5.50. The Bertz CT molecular complexity index is 566. The predicted molar refractivity (Wildman–Crippen MR) is 88.0 cm³/mol. The summed E-state index contributed by atoms with van der Waals surface area (Å²) in [6, 6.07) is 12.9. The normalized spacial score (nSPS) is 12.6. The van der Waals surface area contributed by atoms with E-state index in [1.54, 1.807) is 0 Å². The molecule has 1 unspecified atom stereocenters. The topological polar surface area (TPSA) is 42.2 Å². The van der Waals surface area contributed by atoms with Crippen LogP contribution in [0.15, 0.2) is 42.6 Å². The first-order valence-corrected chi connectivity index (χ1v) is 7.57. The van der Waals surface area contributed by atoms with Gasteiger partial charge < -0.3 is 5.73 Å². The molecule has 0 radical (unpaired) electrons. The summed E-state index contributed by atoms with van der Waals surface area (Å²) < 4.78 is 0. The highest BCUT2D eigenvalue weighted by atomic mass is 15.2. The minimum Gasteiger partial charge on any atom is -0.329 e. The summed E-state index contributed by atoms with van der Waals surface area (Å²) in [5, 5.41) is 0. The molecule has 21 heavy (non-hydrogen) atoms. The van der Waals surface area contributed by atoms with Crippen molar-refractivity contribution in [2.24, 2.45) is 5.73 Å². The molecule has 1 atom stereocenters. The quantitative estimate of drug-likeness (QED) is 0.885. The third kappa shape index (κ3) is 3.90. The van der Waals surface area contributed by atoms with E-state index in [0.717, 1.165) is 18.8 Å². The molecule has 1 aromatic carbocycles. The molecule has 3 heteroatoms. The van der Waals surface area contributed by atoms with Gasteiger partial charge in [-0.25, -0.2) is 0 Å². The molecule has 0 spiro atoms. The van der Waals surface area contributed by atoms with E-state index in [1.807, 2.05) is 18.3 Å². The first-order chi connectivity index (χ1) is 10.2. The van der Waals surface area contributed by atoms with Crippen molar-refractivity contribution in [3.8, 4) is 0 Å². The van der Waals surface area contributed by atoms with Crippen molar-refractivity contribution in [1.82, 2.24) is 9.88 Å². The number of likely N-dealkylation sites (N-methyl/N-ethyl adjacent to an activating group) is 1. The second-order valence-electron chi connectivity index (χ2n) is 5.50. The minimum atomic E-state index is 0.233. The fourth-order valence-corrected chi connectivity index (χ4v) is 2.73. The Balaban J connectivity index is 2.27. The first kappa shape index (κ1) is 15.7. The molecule has 0 saturated heterocycles. The van der Waals surface area contributed by atoms with Gasteiger partial charge in [-0.2, -0.15) is 0 Å². The Labute approximate surface area is 127 Å². The third-order valence-corrected chi connectivity index (χ3v) is 3.96. The fourth-order valence-electron chi connectivity index (χ4n) is 2.73. The maximum Gasteiger partial charge on any atom is 0.0544 e. The lowest BCUT2D eigenvalue weighted by molar-refractivity contribution is 0.200. The van der Waals surface area contributed by atoms with Crippen LogP contribution in [-0.4, -0.2) is 23.0 Å². The highest BCUT2D eigenvalue weighted by Crippen LogP contribution is 2.25. The number of aryl methyl sites for hydroxylation is 2. The van der Waals surface area contributed by atoms with E-state index >= 15 is 0 Å². The van der Waals surface area contributed by atoms with Gasteiger partial charge in [0, 0.05) is 25.3 Å². The SMILES string of the molecule is CCN(Cc1ccccn1)C(CN)c1cc(C)ccc1C. The third-order valence-electron chi connectivity index (χ3n) is 3.96. The van der Waals surface area contributed by atoms with E-state index in [-0.39, 0.29) is 6.04 Å². The van der Waals surface area contributed by atoms with Gasteiger partial charge in [0.05, 0.1) is 5.69 Å². The summed E-state index contributed by atoms with van der Waals surface area (Å²) in [6.07, 6.45) is 1.85. The summed E-state index contributed by atoms with van der Waals surface area (Å²) in [5.41, 5.74) is 11.1. The summed E-state index contributed by atoms with van der Waals surface area (Å²) in [4.78, 5) is 6.83. The van der Waals surface area contributed by atoms with Crippen molar-refractivity contribution in [3.05, 3.63) is 65.0 Å². The number of pyridine rings is 1. The molecule has 1 aromatic heterocycles. The standard InChI is InChI=1S/C18H25N3/c1-4-21(13-16-7-5-6-10-20-16)18(12-19)17-11-14(2)8-9-15(17)3/h5-11,18H,4,12-13,19H2,1-3H3. The van der Waals surface area contributed by atoms with Crippen LogP contribution in [0.5, 0.6) is 0 Å². The molecule has 2 aromatic rings. The maximum absolute atomic E-state index is 6.09. The zero-order valence-electron chi connectivity index (χ0n) is 13.2. The Kier molecular flexibility index (Phi) is 5.48. The predicted octanol–water partition coefficient (Wildman–Crippen LogP) is 3.22. The number of aromatic nitrogens is 1. The van der Waals surface area contributed by atoms with Crippen LogP contribution in [0.1, 0.15) is 35.3 Å². The highest BCUT2D eigenvalue weighted by Gasteiger charge is 2.20. The van der Waals surface area contributed by atoms with Crippen molar-refractivity contribution in [3.63, 3.8) is 0 Å². The van der Waals surface area contributed by atoms with Crippen LogP contribution in [-0.2, 0) is 6.54 Å². The van der Waals surface area contributed by atoms with Crippen LogP contribution < -0.4 is 5.73 Å². The van der Waals surface area contributed by atoms with E-state index in [9.17, 15) is 0 Å². The molecule has 3 nitrogen and oxygen atoms in total. The molecule has 0 aliphatic carbocycles. The molecule has 0 bridgehead atoms. The number of nitrogens with zero attached hydrogens (tertiary/aromatic N) is 2. The molecule has 0 fully saturated rings. The van der Waals surface area contributed by atoms with Gasteiger partial charge in [0.15, 0.2) is 0 Å². The van der Waals surface area contributed by atoms with Gasteiger partial charge in [-0.3, -0.25) is 9.88 Å². The zero-order valence-corrected chi connectivity index (χ0v) is 13.2. The van der Waals surface area contributed by atoms with Crippen molar-refractivity contribution < 1.29 is 0 Å². The van der Waals surface area contributed by atoms with E-state index < -0.39 is 0 Å². The van der Waals surface area contributed by atoms with Crippen LogP contribution in [0, 0.1) is 13.8 Å². The van der Waals surface area contributed by atoms with Crippen molar-refractivity contribution >= 4 is 0 Å². The number of hydrogen-bond donors (Lipinski definition) is 1. The van der Waals surface area contributed by atoms with Gasteiger partial charge in [-0.1, -0.05) is 36.8 Å². The average molecular weight is 283 g/mol. The van der Waals surface area contributed by atoms with Gasteiger partial charge in [-0.15, -0.1) is 0 Å². The molecule has 112 valence electrons. The molecule has 2 N–H and O–H groups in total. The van der Waals surface area contributed by atoms with Crippen LogP contribution in [0.25, 0.3) is 0 Å². The molecular formula is C18H25N3. The van der Waals surface area contributed by atoms with E-state index in [0.29, 0.717) is 6.54 Å². The highest BCUT2D eigenvalue weighted by molar-refractivity contribution is 5.33. The van der Waals surface area contributed by atoms with Gasteiger partial charge in [-0.05, 0) is 43.7 Å². The van der Waals surface area contributed by atoms with E-state index in [4.69, 9.17) is 5.73 Å². The van der Waals surface area contributed by atoms with Crippen LogP contribution in [0.2, 0.25) is 0 Å². The molecule has 0 aliphatic rings. The second kappa shape index (κ2) is 7.34. The zero-order chi connectivity index (χ0) is 15.2. The van der Waals surface area contributed by atoms with Crippen molar-refractivity contribution in [2.45, 2.75) is 33.4 Å². The first-order valence-electron chi connectivity index (χ1n) is 7.57. The summed E-state index contributed by atoms with van der Waals surface area (Å²) in [5.74, 6) is 0. The number of hydrogen-bond acceptors (Lipinski definition) is 3. The smallest absolute Gasteiger partial charge is 0.0544 e. The van der Waals surface area contributed by atoms with Gasteiger partial charge >= 0.3 is 0 Å². The molecular weight excluding hydrogens is 258 g/mol. The Morgan fingerprint density at radius 2 is 2.00 bits per heavy atom. The number of benzene rings is 1. The largest absolute Gasteiger partial charge is 0.329 e. The van der Waals surface area contributed by atoms with Crippen LogP contribution in [0.4, 0.5) is 0 Å². The Morgan fingerprint density at radius 1 is 1.19 bits per heavy atom. The molecule has 0 amide bonds. The molecule has 0 saturated carbocycles.